The molecule has 1 fully saturated rings. The van der Waals surface area contributed by atoms with Crippen LogP contribution in [0.25, 0.3) is 0 Å². The minimum Gasteiger partial charge on any atom is -0.494 e. The molecule has 0 aromatic heterocycles. The smallest absolute Gasteiger partial charge is 0.222 e. The molecular weight excluding hydrogens is 376 g/mol. The lowest BCUT2D eigenvalue weighted by atomic mass is 10.0. The van der Waals surface area contributed by atoms with Crippen LogP contribution in [0.15, 0.2) is 54.6 Å². The van der Waals surface area contributed by atoms with Gasteiger partial charge < -0.3 is 15.0 Å². The Morgan fingerprint density at radius 2 is 1.70 bits per heavy atom. The number of benzene rings is 2. The van der Waals surface area contributed by atoms with Gasteiger partial charge in [0.2, 0.25) is 11.8 Å². The van der Waals surface area contributed by atoms with Crippen molar-refractivity contribution in [1.82, 2.24) is 10.2 Å². The van der Waals surface area contributed by atoms with Crippen LogP contribution in [-0.2, 0) is 16.0 Å². The number of nitrogens with one attached hydrogen (secondary N) is 1. The Morgan fingerprint density at radius 3 is 2.40 bits per heavy atom. The Bertz CT molecular complexity index is 797. The third-order valence-corrected chi connectivity index (χ3v) is 5.52. The lowest BCUT2D eigenvalue weighted by molar-refractivity contribution is -0.132. The van der Waals surface area contributed by atoms with E-state index in [9.17, 15) is 9.59 Å². The van der Waals surface area contributed by atoms with Gasteiger partial charge in [0, 0.05) is 32.0 Å². The van der Waals surface area contributed by atoms with Crippen LogP contribution in [0, 0.1) is 6.92 Å². The van der Waals surface area contributed by atoms with Gasteiger partial charge in [0.25, 0.3) is 0 Å². The highest BCUT2D eigenvalue weighted by Crippen LogP contribution is 2.14. The van der Waals surface area contributed by atoms with Crippen molar-refractivity contribution in [2.24, 2.45) is 0 Å². The maximum atomic E-state index is 12.4. The van der Waals surface area contributed by atoms with Gasteiger partial charge in [-0.05, 0) is 50.3 Å². The minimum atomic E-state index is 0.0958. The van der Waals surface area contributed by atoms with E-state index in [1.165, 1.54) is 11.1 Å². The minimum absolute atomic E-state index is 0.0958. The Balaban J connectivity index is 1.28. The Morgan fingerprint density at radius 1 is 1.00 bits per heavy atom. The van der Waals surface area contributed by atoms with Crippen molar-refractivity contribution >= 4 is 11.8 Å². The fraction of sp³-hybridized carbons (Fsp3) is 0.440. The number of likely N-dealkylation sites (tertiary alicyclic amines) is 1. The van der Waals surface area contributed by atoms with Gasteiger partial charge in [-0.3, -0.25) is 9.59 Å². The number of aryl methyl sites for hydroxylation is 2. The first-order chi connectivity index (χ1) is 14.6. The maximum Gasteiger partial charge on any atom is 0.222 e. The molecule has 5 heteroatoms. The number of para-hydroxylation sites is 1. The molecule has 0 atom stereocenters. The van der Waals surface area contributed by atoms with Crippen LogP contribution < -0.4 is 10.1 Å². The number of carbonyl (C=O) groups excluding carboxylic acids is 2. The average Bonchev–Trinajstić information content (AvgIpc) is 2.77. The number of ether oxygens (including phenoxy) is 1. The number of nitrogens with zero attached hydrogens (tertiary/aromatic N) is 1. The van der Waals surface area contributed by atoms with E-state index < -0.39 is 0 Å². The Hall–Kier alpha value is -2.82. The highest BCUT2D eigenvalue weighted by molar-refractivity contribution is 5.77. The van der Waals surface area contributed by atoms with E-state index in [1.54, 1.807) is 0 Å². The molecule has 0 aliphatic carbocycles. The number of carbonyl (C=O) groups is 2. The van der Waals surface area contributed by atoms with Gasteiger partial charge in [0.15, 0.2) is 0 Å². The van der Waals surface area contributed by atoms with E-state index in [0.717, 1.165) is 25.0 Å². The van der Waals surface area contributed by atoms with Gasteiger partial charge in [0.05, 0.1) is 6.61 Å². The van der Waals surface area contributed by atoms with E-state index in [1.807, 2.05) is 35.2 Å². The van der Waals surface area contributed by atoms with Gasteiger partial charge in [-0.1, -0.05) is 48.0 Å². The summed E-state index contributed by atoms with van der Waals surface area (Å²) in [4.78, 5) is 26.6. The molecule has 0 unspecified atom stereocenters. The second-order valence-electron chi connectivity index (χ2n) is 7.97. The second-order valence-corrected chi connectivity index (χ2v) is 7.97. The monoisotopic (exact) mass is 408 g/mol. The quantitative estimate of drug-likeness (QED) is 0.641. The van der Waals surface area contributed by atoms with Crippen molar-refractivity contribution in [2.75, 3.05) is 19.7 Å². The standard InChI is InChI=1S/C25H32N2O3/c1-20-9-11-21(12-10-20)13-14-24(28)26-22-15-17-27(18-16-22)25(29)8-5-19-30-23-6-3-2-4-7-23/h2-4,6-7,9-12,22H,5,8,13-19H2,1H3,(H,26,28). The van der Waals surface area contributed by atoms with Crippen LogP contribution in [-0.4, -0.2) is 42.5 Å². The summed E-state index contributed by atoms with van der Waals surface area (Å²) in [5, 5.41) is 3.13. The predicted octanol–water partition coefficient (Wildman–Crippen LogP) is 3.89. The average molecular weight is 409 g/mol. The van der Waals surface area contributed by atoms with Crippen molar-refractivity contribution in [3.63, 3.8) is 0 Å². The summed E-state index contributed by atoms with van der Waals surface area (Å²) in [7, 11) is 0. The molecule has 3 rings (SSSR count). The van der Waals surface area contributed by atoms with Crippen LogP contribution in [0.3, 0.4) is 0 Å². The fourth-order valence-electron chi connectivity index (χ4n) is 3.67. The zero-order valence-electron chi connectivity index (χ0n) is 17.8. The molecule has 0 radical (unpaired) electrons. The van der Waals surface area contributed by atoms with Gasteiger partial charge in [-0.15, -0.1) is 0 Å². The van der Waals surface area contributed by atoms with Gasteiger partial charge in [-0.2, -0.15) is 0 Å². The molecule has 0 spiro atoms. The molecule has 2 aromatic carbocycles. The topological polar surface area (TPSA) is 58.6 Å². The molecule has 2 amide bonds. The first-order valence-corrected chi connectivity index (χ1v) is 10.9. The summed E-state index contributed by atoms with van der Waals surface area (Å²) in [6.45, 7) is 4.03. The summed E-state index contributed by atoms with van der Waals surface area (Å²) in [6.07, 6.45) is 4.12. The lowest BCUT2D eigenvalue weighted by Crippen LogP contribution is -2.46. The summed E-state index contributed by atoms with van der Waals surface area (Å²) in [5.74, 6) is 1.11. The molecule has 1 saturated heterocycles. The Labute approximate surface area is 179 Å². The molecular formula is C25H32N2O3. The number of rotatable bonds is 9. The van der Waals surface area contributed by atoms with Crippen molar-refractivity contribution in [3.05, 3.63) is 65.7 Å². The highest BCUT2D eigenvalue weighted by Gasteiger charge is 2.23. The molecule has 2 aromatic rings. The molecule has 1 N–H and O–H groups in total. The van der Waals surface area contributed by atoms with E-state index in [2.05, 4.69) is 36.5 Å². The van der Waals surface area contributed by atoms with Crippen molar-refractivity contribution < 1.29 is 14.3 Å². The van der Waals surface area contributed by atoms with E-state index in [4.69, 9.17) is 4.74 Å². The number of amides is 2. The van der Waals surface area contributed by atoms with Gasteiger partial charge in [-0.25, -0.2) is 0 Å². The van der Waals surface area contributed by atoms with Crippen LogP contribution in [0.1, 0.15) is 43.2 Å². The lowest BCUT2D eigenvalue weighted by Gasteiger charge is -2.32. The van der Waals surface area contributed by atoms with Crippen LogP contribution in [0.4, 0.5) is 0 Å². The highest BCUT2D eigenvalue weighted by atomic mass is 16.5. The van der Waals surface area contributed by atoms with Crippen molar-refractivity contribution in [1.29, 1.82) is 0 Å². The van der Waals surface area contributed by atoms with Crippen LogP contribution >= 0.6 is 0 Å². The first-order valence-electron chi connectivity index (χ1n) is 10.9. The SMILES string of the molecule is Cc1ccc(CCC(=O)NC2CCN(C(=O)CCCOc3ccccc3)CC2)cc1. The molecule has 0 bridgehead atoms. The molecule has 1 aliphatic heterocycles. The third-order valence-electron chi connectivity index (χ3n) is 5.52. The zero-order valence-corrected chi connectivity index (χ0v) is 17.8. The Kier molecular flexibility index (Phi) is 8.30. The molecule has 30 heavy (non-hydrogen) atoms. The molecule has 1 aliphatic rings. The van der Waals surface area contributed by atoms with E-state index in [0.29, 0.717) is 39.0 Å². The second kappa shape index (κ2) is 11.4. The van der Waals surface area contributed by atoms with Crippen LogP contribution in [0.2, 0.25) is 0 Å². The largest absolute Gasteiger partial charge is 0.494 e. The summed E-state index contributed by atoms with van der Waals surface area (Å²) < 4.78 is 5.65. The van der Waals surface area contributed by atoms with Crippen LogP contribution in [0.5, 0.6) is 5.75 Å². The number of hydrogen-bond donors (Lipinski definition) is 1. The summed E-state index contributed by atoms with van der Waals surface area (Å²) >= 11 is 0. The fourth-order valence-corrected chi connectivity index (χ4v) is 3.67. The molecule has 160 valence electrons. The molecule has 0 saturated carbocycles. The van der Waals surface area contributed by atoms with Gasteiger partial charge >= 0.3 is 0 Å². The van der Waals surface area contributed by atoms with Gasteiger partial charge in [0.1, 0.15) is 5.75 Å². The number of piperidine rings is 1. The third kappa shape index (κ3) is 7.21. The maximum absolute atomic E-state index is 12.4. The summed E-state index contributed by atoms with van der Waals surface area (Å²) in [6, 6.07) is 18.1. The zero-order chi connectivity index (χ0) is 21.2. The predicted molar refractivity (Wildman–Crippen MR) is 118 cm³/mol. The first kappa shape index (κ1) is 21.9. The number of hydrogen-bond acceptors (Lipinski definition) is 3. The van der Waals surface area contributed by atoms with Crippen molar-refractivity contribution in [3.8, 4) is 5.75 Å². The normalized spacial score (nSPS) is 14.4. The van der Waals surface area contributed by atoms with E-state index >= 15 is 0 Å². The molecule has 5 nitrogen and oxygen atoms in total. The molecule has 1 heterocycles. The van der Waals surface area contributed by atoms with E-state index in [-0.39, 0.29) is 17.9 Å². The van der Waals surface area contributed by atoms with Crippen molar-refractivity contribution in [2.45, 2.75) is 51.5 Å². The summed E-state index contributed by atoms with van der Waals surface area (Å²) in [5.41, 5.74) is 2.42.